The summed E-state index contributed by atoms with van der Waals surface area (Å²) in [5, 5.41) is 6.74. The second-order valence-electron chi connectivity index (χ2n) is 11.8. The van der Waals surface area contributed by atoms with Gasteiger partial charge in [0.2, 0.25) is 15.9 Å². The summed E-state index contributed by atoms with van der Waals surface area (Å²) in [6.45, 7) is 10.9. The van der Waals surface area contributed by atoms with E-state index in [2.05, 4.69) is 15.1 Å². The number of aryl methyl sites for hydroxylation is 2. The number of amides is 1. The van der Waals surface area contributed by atoms with E-state index in [9.17, 15) is 18.0 Å². The molecule has 12 heteroatoms. The molecule has 1 aromatic heterocycles. The van der Waals surface area contributed by atoms with Gasteiger partial charge in [0.25, 0.3) is 0 Å². The van der Waals surface area contributed by atoms with Gasteiger partial charge >= 0.3 is 5.97 Å². The lowest BCUT2D eigenvalue weighted by Gasteiger charge is -2.27. The average Bonchev–Trinajstić information content (AvgIpc) is 3.17. The molecule has 0 aliphatic carbocycles. The molecular weight excluding hydrogens is 592 g/mol. The third kappa shape index (κ3) is 10.1. The normalized spacial score (nSPS) is 13.4. The molecule has 0 saturated heterocycles. The predicted octanol–water partition coefficient (Wildman–Crippen LogP) is 4.72. The number of ether oxygens (including phenoxy) is 2. The number of benzene rings is 2. The van der Waals surface area contributed by atoms with E-state index in [1.54, 1.807) is 32.9 Å². The lowest BCUT2D eigenvalue weighted by atomic mass is 10.0. The largest absolute Gasteiger partial charge is 0.489 e. The van der Waals surface area contributed by atoms with Gasteiger partial charge in [0, 0.05) is 13.5 Å². The molecule has 0 saturated carbocycles. The van der Waals surface area contributed by atoms with Gasteiger partial charge in [0.05, 0.1) is 5.69 Å². The Bertz CT molecular complexity index is 1500. The number of sulfonamides is 1. The molecule has 0 radical (unpaired) electrons. The van der Waals surface area contributed by atoms with Gasteiger partial charge in [-0.15, -0.1) is 0 Å². The first-order valence-corrected chi connectivity index (χ1v) is 15.9. The lowest BCUT2D eigenvalue weighted by molar-refractivity contribution is -0.158. The van der Waals surface area contributed by atoms with E-state index in [1.807, 2.05) is 56.3 Å². The highest BCUT2D eigenvalue weighted by Crippen LogP contribution is 2.25. The summed E-state index contributed by atoms with van der Waals surface area (Å²) in [5.41, 5.74) is 1.18. The highest BCUT2D eigenvalue weighted by Gasteiger charge is 2.34. The van der Waals surface area contributed by atoms with Crippen molar-refractivity contribution in [2.45, 2.75) is 83.6 Å². The standard InChI is InChI=1S/C31H41ClN4O6S/c1-20(2)17-25(35-43(39,40)27-21(3)34-36(7)28(27)32)29(37)33-26(30(38)42-31(4,5)6)18-22-13-15-24(16-14-22)41-19-23-11-9-8-10-12-23/h8-16,20,25-26,35H,17-19H2,1-7H3,(H,33,37)/t25-,26-/m0/s1. The van der Waals surface area contributed by atoms with Gasteiger partial charge in [-0.05, 0) is 63.3 Å². The predicted molar refractivity (Wildman–Crippen MR) is 165 cm³/mol. The molecule has 234 valence electrons. The number of aromatic nitrogens is 2. The number of carbonyl (C=O) groups is 2. The van der Waals surface area contributed by atoms with Gasteiger partial charge in [0.1, 0.15) is 40.1 Å². The monoisotopic (exact) mass is 632 g/mol. The quantitative estimate of drug-likeness (QED) is 0.261. The topological polar surface area (TPSA) is 129 Å². The van der Waals surface area contributed by atoms with Crippen molar-refractivity contribution in [1.29, 1.82) is 0 Å². The van der Waals surface area contributed by atoms with Crippen LogP contribution in [-0.4, -0.2) is 47.8 Å². The number of nitrogens with one attached hydrogen (secondary N) is 2. The Morgan fingerprint density at radius 2 is 1.63 bits per heavy atom. The van der Waals surface area contributed by atoms with Crippen LogP contribution in [0, 0.1) is 12.8 Å². The maximum Gasteiger partial charge on any atom is 0.329 e. The molecule has 2 atom stereocenters. The molecule has 43 heavy (non-hydrogen) atoms. The molecule has 10 nitrogen and oxygen atoms in total. The van der Waals surface area contributed by atoms with E-state index < -0.39 is 39.6 Å². The Kier molecular flexibility index (Phi) is 11.4. The van der Waals surface area contributed by atoms with E-state index in [-0.39, 0.29) is 34.5 Å². The zero-order chi connectivity index (χ0) is 31.9. The number of nitrogens with zero attached hydrogens (tertiary/aromatic N) is 2. The zero-order valence-corrected chi connectivity index (χ0v) is 27.3. The summed E-state index contributed by atoms with van der Waals surface area (Å²) in [6.07, 6.45) is 0.296. The second-order valence-corrected chi connectivity index (χ2v) is 13.9. The van der Waals surface area contributed by atoms with Crippen LogP contribution in [0.1, 0.15) is 57.9 Å². The summed E-state index contributed by atoms with van der Waals surface area (Å²) in [6, 6.07) is 14.7. The molecule has 1 heterocycles. The zero-order valence-electron chi connectivity index (χ0n) is 25.7. The van der Waals surface area contributed by atoms with Crippen LogP contribution in [0.4, 0.5) is 0 Å². The fraction of sp³-hybridized carbons (Fsp3) is 0.452. The summed E-state index contributed by atoms with van der Waals surface area (Å²) >= 11 is 6.22. The van der Waals surface area contributed by atoms with Crippen molar-refractivity contribution in [3.63, 3.8) is 0 Å². The minimum atomic E-state index is -4.22. The van der Waals surface area contributed by atoms with Crippen molar-refractivity contribution in [1.82, 2.24) is 19.8 Å². The van der Waals surface area contributed by atoms with Crippen molar-refractivity contribution in [2.75, 3.05) is 0 Å². The van der Waals surface area contributed by atoms with Crippen LogP contribution in [0.3, 0.4) is 0 Å². The van der Waals surface area contributed by atoms with Gasteiger partial charge in [-0.1, -0.05) is 67.9 Å². The van der Waals surface area contributed by atoms with Crippen molar-refractivity contribution in [3.05, 3.63) is 76.6 Å². The van der Waals surface area contributed by atoms with Crippen molar-refractivity contribution >= 4 is 33.5 Å². The maximum absolute atomic E-state index is 13.6. The molecule has 3 rings (SSSR count). The first-order chi connectivity index (χ1) is 20.1. The van der Waals surface area contributed by atoms with Gasteiger partial charge in [-0.3, -0.25) is 9.48 Å². The van der Waals surface area contributed by atoms with Crippen molar-refractivity contribution in [3.8, 4) is 5.75 Å². The molecule has 1 amide bonds. The highest BCUT2D eigenvalue weighted by molar-refractivity contribution is 7.89. The van der Waals surface area contributed by atoms with Crippen LogP contribution in [0.25, 0.3) is 0 Å². The summed E-state index contributed by atoms with van der Waals surface area (Å²) in [5.74, 6) is -0.690. The van der Waals surface area contributed by atoms with Gasteiger partial charge in [0.15, 0.2) is 0 Å². The van der Waals surface area contributed by atoms with Crippen LogP contribution in [0.5, 0.6) is 5.75 Å². The Labute approximate surface area is 259 Å². The Balaban J connectivity index is 1.80. The van der Waals surface area contributed by atoms with Gasteiger partial charge in [-0.2, -0.15) is 9.82 Å². The molecule has 2 aromatic carbocycles. The number of rotatable bonds is 13. The number of halogens is 1. The third-order valence-corrected chi connectivity index (χ3v) is 8.48. The molecule has 0 aliphatic rings. The molecule has 2 N–H and O–H groups in total. The molecule has 3 aromatic rings. The molecule has 0 aliphatic heterocycles. The fourth-order valence-corrected chi connectivity index (χ4v) is 6.34. The van der Waals surface area contributed by atoms with E-state index >= 15 is 0 Å². The number of hydrogen-bond donors (Lipinski definition) is 2. The highest BCUT2D eigenvalue weighted by atomic mass is 35.5. The number of esters is 1. The third-order valence-electron chi connectivity index (χ3n) is 6.31. The van der Waals surface area contributed by atoms with Gasteiger partial charge in [-0.25, -0.2) is 13.2 Å². The maximum atomic E-state index is 13.6. The molecular formula is C31H41ClN4O6S. The first-order valence-electron chi connectivity index (χ1n) is 14.1. The Morgan fingerprint density at radius 1 is 1.00 bits per heavy atom. The molecule has 0 unspecified atom stereocenters. The molecule has 0 fully saturated rings. The van der Waals surface area contributed by atoms with E-state index in [4.69, 9.17) is 21.1 Å². The van der Waals surface area contributed by atoms with Crippen LogP contribution < -0.4 is 14.8 Å². The summed E-state index contributed by atoms with van der Waals surface area (Å²) in [4.78, 5) is 26.6. The van der Waals surface area contributed by atoms with Crippen molar-refractivity contribution < 1.29 is 27.5 Å². The lowest BCUT2D eigenvalue weighted by Crippen LogP contribution is -2.53. The van der Waals surface area contributed by atoms with Crippen LogP contribution in [0.2, 0.25) is 5.15 Å². The SMILES string of the molecule is Cc1nn(C)c(Cl)c1S(=O)(=O)N[C@@H](CC(C)C)C(=O)N[C@@H](Cc1ccc(OCc2ccccc2)cc1)C(=O)OC(C)(C)C. The average molecular weight is 633 g/mol. The van der Waals surface area contributed by atoms with E-state index in [0.717, 1.165) is 11.1 Å². The van der Waals surface area contributed by atoms with Crippen LogP contribution in [0.15, 0.2) is 59.5 Å². The summed E-state index contributed by atoms with van der Waals surface area (Å²) < 4.78 is 41.8. The van der Waals surface area contributed by atoms with E-state index in [0.29, 0.717) is 12.4 Å². The number of hydrogen-bond acceptors (Lipinski definition) is 7. The van der Waals surface area contributed by atoms with Crippen LogP contribution >= 0.6 is 11.6 Å². The van der Waals surface area contributed by atoms with Crippen molar-refractivity contribution in [2.24, 2.45) is 13.0 Å². The fourth-order valence-electron chi connectivity index (χ4n) is 4.38. The Morgan fingerprint density at radius 3 is 2.16 bits per heavy atom. The van der Waals surface area contributed by atoms with E-state index in [1.165, 1.54) is 18.7 Å². The Hall–Kier alpha value is -3.41. The minimum Gasteiger partial charge on any atom is -0.489 e. The summed E-state index contributed by atoms with van der Waals surface area (Å²) in [7, 11) is -2.69. The van der Waals surface area contributed by atoms with Crippen LogP contribution in [-0.2, 0) is 44.4 Å². The number of carbonyl (C=O) groups excluding carboxylic acids is 2. The smallest absolute Gasteiger partial charge is 0.329 e. The first kappa shape index (κ1) is 34.1. The molecule has 0 bridgehead atoms. The second kappa shape index (κ2) is 14.4. The minimum absolute atomic E-state index is 0.0488. The van der Waals surface area contributed by atoms with Gasteiger partial charge < -0.3 is 14.8 Å². The molecule has 0 spiro atoms.